The van der Waals surface area contributed by atoms with Crippen LogP contribution in [0.5, 0.6) is 0 Å². The van der Waals surface area contributed by atoms with Gasteiger partial charge in [-0.2, -0.15) is 0 Å². The van der Waals surface area contributed by atoms with Crippen molar-refractivity contribution in [1.29, 1.82) is 0 Å². The van der Waals surface area contributed by atoms with E-state index in [-0.39, 0.29) is 11.8 Å². The summed E-state index contributed by atoms with van der Waals surface area (Å²) in [4.78, 5) is 11.6. The van der Waals surface area contributed by atoms with E-state index in [1.165, 1.54) is 18.4 Å². The Morgan fingerprint density at radius 3 is 3.15 bits per heavy atom. The minimum atomic E-state index is 0.257. The molecule has 0 radical (unpaired) electrons. The first-order chi connectivity index (χ1) is 6.34. The number of fused-ring (bicyclic) bond motifs is 1. The average molecular weight is 175 g/mol. The van der Waals surface area contributed by atoms with Gasteiger partial charge in [-0.3, -0.25) is 4.79 Å². The SMILES string of the molecule is O=C1NC2=CC=C3CCCC1C3C2. The normalized spacial score (nSPS) is 36.2. The van der Waals surface area contributed by atoms with Crippen molar-refractivity contribution in [3.8, 4) is 0 Å². The summed E-state index contributed by atoms with van der Waals surface area (Å²) in [6.07, 6.45) is 8.84. The quantitative estimate of drug-likeness (QED) is 0.597. The van der Waals surface area contributed by atoms with E-state index in [0.29, 0.717) is 5.92 Å². The lowest BCUT2D eigenvalue weighted by Gasteiger charge is -2.39. The van der Waals surface area contributed by atoms with E-state index in [0.717, 1.165) is 18.5 Å². The molecule has 1 saturated heterocycles. The number of amides is 1. The van der Waals surface area contributed by atoms with Crippen LogP contribution < -0.4 is 5.32 Å². The Morgan fingerprint density at radius 2 is 2.23 bits per heavy atom. The van der Waals surface area contributed by atoms with Crippen molar-refractivity contribution in [2.24, 2.45) is 11.8 Å². The van der Waals surface area contributed by atoms with Crippen LogP contribution in [0.4, 0.5) is 0 Å². The molecular weight excluding hydrogens is 162 g/mol. The van der Waals surface area contributed by atoms with Crippen molar-refractivity contribution in [2.75, 3.05) is 0 Å². The monoisotopic (exact) mass is 175 g/mol. The molecule has 2 heteroatoms. The van der Waals surface area contributed by atoms with E-state index >= 15 is 0 Å². The van der Waals surface area contributed by atoms with Crippen LogP contribution in [-0.2, 0) is 4.79 Å². The predicted molar refractivity (Wildman–Crippen MR) is 49.8 cm³/mol. The molecule has 2 unspecified atom stereocenters. The molecule has 2 aliphatic carbocycles. The van der Waals surface area contributed by atoms with E-state index in [2.05, 4.69) is 17.5 Å². The predicted octanol–water partition coefficient (Wildman–Crippen LogP) is 1.75. The van der Waals surface area contributed by atoms with Gasteiger partial charge in [-0.25, -0.2) is 0 Å². The van der Waals surface area contributed by atoms with Gasteiger partial charge in [-0.1, -0.05) is 11.6 Å². The summed E-state index contributed by atoms with van der Waals surface area (Å²) in [5.41, 5.74) is 2.63. The number of piperidine rings is 1. The maximum Gasteiger partial charge on any atom is 0.227 e. The van der Waals surface area contributed by atoms with Gasteiger partial charge in [0.25, 0.3) is 0 Å². The first-order valence-electron chi connectivity index (χ1n) is 5.05. The number of hydrogen-bond acceptors (Lipinski definition) is 1. The van der Waals surface area contributed by atoms with Crippen molar-refractivity contribution in [3.05, 3.63) is 23.4 Å². The van der Waals surface area contributed by atoms with Crippen molar-refractivity contribution >= 4 is 5.91 Å². The molecule has 1 heterocycles. The Labute approximate surface area is 77.7 Å². The molecular formula is C11H13NO. The third kappa shape index (κ3) is 0.978. The molecule has 2 fully saturated rings. The van der Waals surface area contributed by atoms with Gasteiger partial charge in [0.05, 0.1) is 0 Å². The molecule has 2 nitrogen and oxygen atoms in total. The Kier molecular flexibility index (Phi) is 1.40. The second kappa shape index (κ2) is 2.47. The standard InChI is InChI=1S/C11H13NO/c13-11-9-3-1-2-7-4-5-8(12-11)6-10(7)9/h4-5,9-10H,1-3,6H2,(H,12,13). The first-order valence-corrected chi connectivity index (χ1v) is 5.05. The zero-order valence-electron chi connectivity index (χ0n) is 7.55. The summed E-state index contributed by atoms with van der Waals surface area (Å²) in [5, 5.41) is 2.98. The third-order valence-electron chi connectivity index (χ3n) is 3.50. The second-order valence-corrected chi connectivity index (χ2v) is 4.23. The van der Waals surface area contributed by atoms with Gasteiger partial charge < -0.3 is 5.32 Å². The number of nitrogens with one attached hydrogen (secondary N) is 1. The molecule has 2 atom stereocenters. The summed E-state index contributed by atoms with van der Waals surface area (Å²) >= 11 is 0. The average Bonchev–Trinajstić information content (AvgIpc) is 2.17. The van der Waals surface area contributed by atoms with Crippen LogP contribution in [0, 0.1) is 11.8 Å². The van der Waals surface area contributed by atoms with Crippen LogP contribution in [0.25, 0.3) is 0 Å². The number of hydrogen-bond donors (Lipinski definition) is 1. The first kappa shape index (κ1) is 7.36. The molecule has 2 bridgehead atoms. The van der Waals surface area contributed by atoms with Gasteiger partial charge in [-0.15, -0.1) is 0 Å². The van der Waals surface area contributed by atoms with Crippen LogP contribution in [0.2, 0.25) is 0 Å². The Bertz CT molecular complexity index is 327. The number of rotatable bonds is 0. The molecule has 0 aromatic carbocycles. The molecule has 0 aromatic rings. The fourth-order valence-electron chi connectivity index (χ4n) is 2.82. The summed E-state index contributed by atoms with van der Waals surface area (Å²) in [6, 6.07) is 0. The molecule has 1 saturated carbocycles. The highest BCUT2D eigenvalue weighted by Crippen LogP contribution is 2.42. The van der Waals surface area contributed by atoms with Gasteiger partial charge in [0, 0.05) is 11.6 Å². The van der Waals surface area contributed by atoms with Crippen LogP contribution >= 0.6 is 0 Å². The highest BCUT2D eigenvalue weighted by atomic mass is 16.2. The topological polar surface area (TPSA) is 29.1 Å². The summed E-state index contributed by atoms with van der Waals surface area (Å²) in [5.74, 6) is 1.08. The van der Waals surface area contributed by atoms with Gasteiger partial charge in [0.1, 0.15) is 0 Å². The van der Waals surface area contributed by atoms with Crippen LogP contribution in [0.3, 0.4) is 0 Å². The van der Waals surface area contributed by atoms with E-state index < -0.39 is 0 Å². The van der Waals surface area contributed by atoms with E-state index in [1.807, 2.05) is 0 Å². The smallest absolute Gasteiger partial charge is 0.227 e. The molecule has 1 N–H and O–H groups in total. The fourth-order valence-corrected chi connectivity index (χ4v) is 2.82. The number of carbonyl (C=O) groups excluding carboxylic acids is 1. The van der Waals surface area contributed by atoms with Crippen molar-refractivity contribution in [2.45, 2.75) is 25.7 Å². The minimum Gasteiger partial charge on any atom is -0.330 e. The summed E-state index contributed by atoms with van der Waals surface area (Å²) in [6.45, 7) is 0. The van der Waals surface area contributed by atoms with Gasteiger partial charge in [0.2, 0.25) is 5.91 Å². The Balaban J connectivity index is 2.05. The van der Waals surface area contributed by atoms with Crippen molar-refractivity contribution < 1.29 is 4.79 Å². The van der Waals surface area contributed by atoms with Gasteiger partial charge in [-0.05, 0) is 37.7 Å². The molecule has 13 heavy (non-hydrogen) atoms. The second-order valence-electron chi connectivity index (χ2n) is 4.23. The van der Waals surface area contributed by atoms with E-state index in [9.17, 15) is 4.79 Å². The molecule has 1 amide bonds. The molecule has 1 aliphatic heterocycles. The Hall–Kier alpha value is -1.05. The zero-order valence-corrected chi connectivity index (χ0v) is 7.55. The molecule has 0 spiro atoms. The number of carbonyl (C=O) groups is 1. The molecule has 0 aromatic heterocycles. The van der Waals surface area contributed by atoms with Crippen molar-refractivity contribution in [1.82, 2.24) is 5.32 Å². The lowest BCUT2D eigenvalue weighted by molar-refractivity contribution is -0.127. The third-order valence-corrected chi connectivity index (χ3v) is 3.50. The minimum absolute atomic E-state index is 0.257. The Morgan fingerprint density at radius 1 is 1.31 bits per heavy atom. The largest absolute Gasteiger partial charge is 0.330 e. The molecule has 3 aliphatic rings. The molecule has 3 rings (SSSR count). The van der Waals surface area contributed by atoms with Crippen LogP contribution in [-0.4, -0.2) is 5.91 Å². The lowest BCUT2D eigenvalue weighted by atomic mass is 9.69. The van der Waals surface area contributed by atoms with Crippen LogP contribution in [0.15, 0.2) is 23.4 Å². The lowest BCUT2D eigenvalue weighted by Crippen LogP contribution is -2.44. The van der Waals surface area contributed by atoms with E-state index in [4.69, 9.17) is 0 Å². The highest BCUT2D eigenvalue weighted by molar-refractivity contribution is 5.83. The maximum absolute atomic E-state index is 11.6. The molecule has 68 valence electrons. The zero-order chi connectivity index (χ0) is 8.84. The van der Waals surface area contributed by atoms with E-state index in [1.54, 1.807) is 0 Å². The van der Waals surface area contributed by atoms with Crippen molar-refractivity contribution in [3.63, 3.8) is 0 Å². The summed E-state index contributed by atoms with van der Waals surface area (Å²) < 4.78 is 0. The van der Waals surface area contributed by atoms with Crippen LogP contribution in [0.1, 0.15) is 25.7 Å². The number of allylic oxidation sites excluding steroid dienone is 4. The fraction of sp³-hybridized carbons (Fsp3) is 0.545. The van der Waals surface area contributed by atoms with Gasteiger partial charge in [0.15, 0.2) is 0 Å². The maximum atomic E-state index is 11.6. The summed E-state index contributed by atoms with van der Waals surface area (Å²) in [7, 11) is 0. The highest BCUT2D eigenvalue weighted by Gasteiger charge is 2.39. The van der Waals surface area contributed by atoms with Gasteiger partial charge >= 0.3 is 0 Å².